The third-order valence-electron chi connectivity index (χ3n) is 1.11. The van der Waals surface area contributed by atoms with Crippen LogP contribution in [0.1, 0.15) is 13.8 Å². The van der Waals surface area contributed by atoms with Gasteiger partial charge in [0.05, 0.1) is 0 Å². The molecule has 0 aromatic heterocycles. The van der Waals surface area contributed by atoms with Crippen LogP contribution in [0.25, 0.3) is 0 Å². The third-order valence-corrected chi connectivity index (χ3v) is 1.11. The summed E-state index contributed by atoms with van der Waals surface area (Å²) in [6.45, 7) is 3.58. The highest BCUT2D eigenvalue weighted by Crippen LogP contribution is 1.98. The van der Waals surface area contributed by atoms with E-state index in [1.807, 2.05) is 5.48 Å². The Hall–Kier alpha value is -0.610. The Morgan fingerprint density at radius 3 is 2.11 bits per heavy atom. The lowest BCUT2D eigenvalue weighted by Crippen LogP contribution is -2.43. The second-order valence-corrected chi connectivity index (χ2v) is 2.25. The van der Waals surface area contributed by atoms with E-state index < -0.39 is 11.9 Å². The first-order valence-corrected chi connectivity index (χ1v) is 2.78. The first-order chi connectivity index (χ1) is 4.09. The molecule has 4 N–H and O–H groups in total. The number of amides is 1. The molecule has 0 saturated carbocycles. The van der Waals surface area contributed by atoms with Crippen LogP contribution in [0, 0.1) is 5.92 Å². The van der Waals surface area contributed by atoms with Crippen molar-refractivity contribution in [2.24, 2.45) is 11.7 Å². The van der Waals surface area contributed by atoms with Crippen LogP contribution in [0.5, 0.6) is 0 Å². The minimum Gasteiger partial charge on any atom is -0.368 e. The van der Waals surface area contributed by atoms with Crippen LogP contribution in [0.15, 0.2) is 0 Å². The molecule has 0 radical (unpaired) electrons. The zero-order valence-electron chi connectivity index (χ0n) is 5.59. The minimum atomic E-state index is -0.634. The second-order valence-electron chi connectivity index (χ2n) is 2.25. The molecule has 0 bridgehead atoms. The van der Waals surface area contributed by atoms with E-state index in [9.17, 15) is 4.79 Å². The first kappa shape index (κ1) is 8.39. The van der Waals surface area contributed by atoms with Gasteiger partial charge in [0.1, 0.15) is 6.04 Å². The maximum atomic E-state index is 10.4. The molecule has 0 heterocycles. The van der Waals surface area contributed by atoms with Gasteiger partial charge in [0.15, 0.2) is 0 Å². The molecule has 9 heavy (non-hydrogen) atoms. The summed E-state index contributed by atoms with van der Waals surface area (Å²) in [5, 5.41) is 8.32. The summed E-state index contributed by atoms with van der Waals surface area (Å²) in [7, 11) is 0. The van der Waals surface area contributed by atoms with Crippen LogP contribution >= 0.6 is 0 Å². The molecule has 0 fully saturated rings. The summed E-state index contributed by atoms with van der Waals surface area (Å²) in [5.74, 6) is -0.514. The molecular weight excluding hydrogens is 120 g/mol. The molecule has 0 aliphatic heterocycles. The number of nitrogens with two attached hydrogens (primary N) is 1. The number of hydroxylamine groups is 1. The highest BCUT2D eigenvalue weighted by atomic mass is 16.5. The molecule has 0 saturated heterocycles. The highest BCUT2D eigenvalue weighted by molar-refractivity contribution is 5.79. The van der Waals surface area contributed by atoms with Crippen molar-refractivity contribution in [3.8, 4) is 0 Å². The van der Waals surface area contributed by atoms with Crippen molar-refractivity contribution in [3.63, 3.8) is 0 Å². The van der Waals surface area contributed by atoms with E-state index in [0.717, 1.165) is 0 Å². The monoisotopic (exact) mass is 132 g/mol. The Morgan fingerprint density at radius 1 is 1.67 bits per heavy atom. The largest absolute Gasteiger partial charge is 0.368 e. The standard InChI is InChI=1S/C5H12N2O2/c1-3(2)4(7-9)5(6)8/h3-4,7,9H,1-2H3,(H2,6,8)/t4-/m1/s1. The number of carbonyl (C=O) groups is 1. The van der Waals surface area contributed by atoms with Crippen LogP contribution in [-0.4, -0.2) is 17.2 Å². The highest BCUT2D eigenvalue weighted by Gasteiger charge is 2.16. The van der Waals surface area contributed by atoms with Gasteiger partial charge >= 0.3 is 0 Å². The van der Waals surface area contributed by atoms with Gasteiger partial charge in [0, 0.05) is 0 Å². The van der Waals surface area contributed by atoms with Crippen molar-refractivity contribution in [2.45, 2.75) is 19.9 Å². The fourth-order valence-electron chi connectivity index (χ4n) is 0.541. The Labute approximate surface area is 54.0 Å². The second kappa shape index (κ2) is 3.42. The third kappa shape index (κ3) is 2.43. The Morgan fingerprint density at radius 2 is 2.11 bits per heavy atom. The lowest BCUT2D eigenvalue weighted by molar-refractivity contribution is -0.123. The molecule has 0 aliphatic rings. The van der Waals surface area contributed by atoms with Gasteiger partial charge in [0.25, 0.3) is 0 Å². The summed E-state index contributed by atoms with van der Waals surface area (Å²) in [5.41, 5.74) is 6.71. The zero-order chi connectivity index (χ0) is 7.44. The molecule has 0 rings (SSSR count). The van der Waals surface area contributed by atoms with Crippen molar-refractivity contribution in [2.75, 3.05) is 0 Å². The normalized spacial score (nSPS) is 13.8. The zero-order valence-corrected chi connectivity index (χ0v) is 5.59. The quantitative estimate of drug-likeness (QED) is 0.452. The van der Waals surface area contributed by atoms with E-state index in [4.69, 9.17) is 10.9 Å². The number of rotatable bonds is 3. The van der Waals surface area contributed by atoms with Crippen LogP contribution < -0.4 is 11.2 Å². The molecule has 54 valence electrons. The van der Waals surface area contributed by atoms with Crippen LogP contribution in [0.4, 0.5) is 0 Å². The maximum absolute atomic E-state index is 10.4. The molecule has 0 aromatic rings. The van der Waals surface area contributed by atoms with Gasteiger partial charge in [-0.15, -0.1) is 0 Å². The molecule has 1 amide bonds. The van der Waals surface area contributed by atoms with Crippen LogP contribution in [-0.2, 0) is 4.79 Å². The maximum Gasteiger partial charge on any atom is 0.237 e. The summed E-state index contributed by atoms with van der Waals surface area (Å²) < 4.78 is 0. The van der Waals surface area contributed by atoms with Crippen molar-refractivity contribution in [1.29, 1.82) is 0 Å². The number of hydrogen-bond donors (Lipinski definition) is 3. The fourth-order valence-corrected chi connectivity index (χ4v) is 0.541. The van der Waals surface area contributed by atoms with Crippen molar-refractivity contribution in [1.82, 2.24) is 5.48 Å². The number of primary amides is 1. The Balaban J connectivity index is 3.83. The first-order valence-electron chi connectivity index (χ1n) is 2.78. The van der Waals surface area contributed by atoms with Gasteiger partial charge in [-0.2, -0.15) is 5.48 Å². The van der Waals surface area contributed by atoms with Gasteiger partial charge in [0.2, 0.25) is 5.91 Å². The average molecular weight is 132 g/mol. The summed E-state index contributed by atoms with van der Waals surface area (Å²) in [4.78, 5) is 10.4. The topological polar surface area (TPSA) is 75.3 Å². The molecule has 0 unspecified atom stereocenters. The molecule has 1 atom stereocenters. The van der Waals surface area contributed by atoms with Crippen molar-refractivity contribution < 1.29 is 10.0 Å². The Bertz CT molecular complexity index is 103. The lowest BCUT2D eigenvalue weighted by atomic mass is 10.1. The van der Waals surface area contributed by atoms with E-state index >= 15 is 0 Å². The van der Waals surface area contributed by atoms with Crippen LogP contribution in [0.3, 0.4) is 0 Å². The van der Waals surface area contributed by atoms with Gasteiger partial charge in [-0.05, 0) is 5.92 Å². The summed E-state index contributed by atoms with van der Waals surface area (Å²) in [6.07, 6.45) is 0. The molecule has 4 nitrogen and oxygen atoms in total. The van der Waals surface area contributed by atoms with E-state index in [2.05, 4.69) is 0 Å². The van der Waals surface area contributed by atoms with E-state index in [1.165, 1.54) is 0 Å². The lowest BCUT2D eigenvalue weighted by Gasteiger charge is -2.13. The van der Waals surface area contributed by atoms with E-state index in [-0.39, 0.29) is 5.92 Å². The summed E-state index contributed by atoms with van der Waals surface area (Å²) in [6, 6.07) is -0.634. The molecule has 0 aromatic carbocycles. The SMILES string of the molecule is CC(C)[C@@H](NO)C(N)=O. The fraction of sp³-hybridized carbons (Fsp3) is 0.800. The molecule has 0 spiro atoms. The predicted molar refractivity (Wildman–Crippen MR) is 32.7 cm³/mol. The van der Waals surface area contributed by atoms with Crippen molar-refractivity contribution >= 4 is 5.91 Å². The average Bonchev–Trinajstić information content (AvgIpc) is 1.64. The number of nitrogens with one attached hydrogen (secondary N) is 1. The van der Waals surface area contributed by atoms with Gasteiger partial charge in [-0.1, -0.05) is 13.8 Å². The van der Waals surface area contributed by atoms with Gasteiger partial charge in [-0.3, -0.25) is 4.79 Å². The molecule has 4 heteroatoms. The number of carbonyl (C=O) groups excluding carboxylic acids is 1. The van der Waals surface area contributed by atoms with Gasteiger partial charge < -0.3 is 10.9 Å². The number of hydrogen-bond acceptors (Lipinski definition) is 3. The van der Waals surface area contributed by atoms with Crippen LogP contribution in [0.2, 0.25) is 0 Å². The molecule has 0 aliphatic carbocycles. The van der Waals surface area contributed by atoms with Gasteiger partial charge in [-0.25, -0.2) is 0 Å². The summed E-state index contributed by atoms with van der Waals surface area (Å²) >= 11 is 0. The molecular formula is C5H12N2O2. The smallest absolute Gasteiger partial charge is 0.237 e. The van der Waals surface area contributed by atoms with Crippen molar-refractivity contribution in [3.05, 3.63) is 0 Å². The predicted octanol–water partition coefficient (Wildman–Crippen LogP) is -0.525. The Kier molecular flexibility index (Phi) is 3.19. The van der Waals surface area contributed by atoms with E-state index in [0.29, 0.717) is 0 Å². The van der Waals surface area contributed by atoms with E-state index in [1.54, 1.807) is 13.8 Å². The minimum absolute atomic E-state index is 0.0208.